The van der Waals surface area contributed by atoms with E-state index in [0.29, 0.717) is 24.7 Å². The van der Waals surface area contributed by atoms with Crippen LogP contribution < -0.4 is 0 Å². The van der Waals surface area contributed by atoms with Gasteiger partial charge in [0.1, 0.15) is 5.82 Å². The van der Waals surface area contributed by atoms with Crippen LogP contribution in [-0.2, 0) is 22.4 Å². The number of halogens is 1. The number of hydrogen-bond acceptors (Lipinski definition) is 3. The summed E-state index contributed by atoms with van der Waals surface area (Å²) in [5.74, 6) is 0.701. The summed E-state index contributed by atoms with van der Waals surface area (Å²) in [5.41, 5.74) is 1.89. The Labute approximate surface area is 165 Å². The topological polar surface area (TPSA) is 42.4 Å². The van der Waals surface area contributed by atoms with Crippen molar-refractivity contribution in [3.05, 3.63) is 65.7 Å². The zero-order valence-electron chi connectivity index (χ0n) is 16.1. The van der Waals surface area contributed by atoms with Crippen molar-refractivity contribution in [1.82, 2.24) is 9.88 Å². The number of ether oxygens (including phenoxy) is 1. The molecule has 1 saturated carbocycles. The molecule has 2 aliphatic rings. The molecule has 28 heavy (non-hydrogen) atoms. The van der Waals surface area contributed by atoms with Crippen LogP contribution in [0.15, 0.2) is 48.7 Å². The van der Waals surface area contributed by atoms with E-state index in [0.717, 1.165) is 25.4 Å². The molecular weight excluding hydrogens is 355 g/mol. The van der Waals surface area contributed by atoms with E-state index in [2.05, 4.69) is 29.2 Å². The number of hydrogen-bond donors (Lipinski definition) is 0. The number of pyridine rings is 1. The predicted octanol–water partition coefficient (Wildman–Crippen LogP) is 3.65. The minimum atomic E-state index is -0.382. The quantitative estimate of drug-likeness (QED) is 0.734. The standard InChI is InChI=1S/C23H27FN2O2/c24-20-8-9-21(25-14-20)13-23(27)26-11-10-22(28-16-18-6-7-18)19(15-26)12-17-4-2-1-3-5-17/h1-5,8-9,14,18-19,22H,6-7,10-13,15-16H2/t19-,22-/m1/s1. The highest BCUT2D eigenvalue weighted by Crippen LogP contribution is 2.32. The van der Waals surface area contributed by atoms with Gasteiger partial charge in [-0.3, -0.25) is 9.78 Å². The maximum absolute atomic E-state index is 13.0. The Morgan fingerprint density at radius 1 is 1.14 bits per heavy atom. The number of carbonyl (C=O) groups excluding carboxylic acids is 1. The van der Waals surface area contributed by atoms with Gasteiger partial charge in [-0.05, 0) is 49.3 Å². The number of likely N-dealkylation sites (tertiary alicyclic amines) is 1. The van der Waals surface area contributed by atoms with E-state index < -0.39 is 0 Å². The van der Waals surface area contributed by atoms with E-state index >= 15 is 0 Å². The lowest BCUT2D eigenvalue weighted by Crippen LogP contribution is -2.48. The monoisotopic (exact) mass is 382 g/mol. The van der Waals surface area contributed by atoms with Gasteiger partial charge in [0.05, 0.1) is 18.7 Å². The van der Waals surface area contributed by atoms with Crippen LogP contribution in [0.2, 0.25) is 0 Å². The maximum Gasteiger partial charge on any atom is 0.228 e. The molecule has 2 fully saturated rings. The molecule has 1 saturated heterocycles. The SMILES string of the molecule is O=C(Cc1ccc(F)cn1)N1CC[C@@H](OCC2CC2)[C@H](Cc2ccccc2)C1. The predicted molar refractivity (Wildman–Crippen MR) is 105 cm³/mol. The van der Waals surface area contributed by atoms with Gasteiger partial charge >= 0.3 is 0 Å². The van der Waals surface area contributed by atoms with Crippen LogP contribution in [0.5, 0.6) is 0 Å². The van der Waals surface area contributed by atoms with E-state index in [1.54, 1.807) is 6.07 Å². The minimum absolute atomic E-state index is 0.0535. The third kappa shape index (κ3) is 5.16. The van der Waals surface area contributed by atoms with E-state index in [9.17, 15) is 9.18 Å². The molecule has 0 bridgehead atoms. The Morgan fingerprint density at radius 3 is 2.68 bits per heavy atom. The fourth-order valence-electron chi connectivity index (χ4n) is 3.89. The second-order valence-corrected chi connectivity index (χ2v) is 8.04. The first-order chi connectivity index (χ1) is 13.7. The van der Waals surface area contributed by atoms with Gasteiger partial charge in [0.15, 0.2) is 0 Å². The van der Waals surface area contributed by atoms with Gasteiger partial charge in [-0.2, -0.15) is 0 Å². The summed E-state index contributed by atoms with van der Waals surface area (Å²) in [6.45, 7) is 2.26. The fraction of sp³-hybridized carbons (Fsp3) is 0.478. The van der Waals surface area contributed by atoms with Crippen LogP contribution in [-0.4, -0.2) is 41.6 Å². The highest BCUT2D eigenvalue weighted by atomic mass is 19.1. The molecular formula is C23H27FN2O2. The average Bonchev–Trinajstić information content (AvgIpc) is 3.54. The number of amides is 1. The van der Waals surface area contributed by atoms with Crippen LogP contribution in [0.3, 0.4) is 0 Å². The summed E-state index contributed by atoms with van der Waals surface area (Å²) in [4.78, 5) is 18.7. The van der Waals surface area contributed by atoms with Crippen LogP contribution in [0.4, 0.5) is 4.39 Å². The third-order valence-corrected chi connectivity index (χ3v) is 5.72. The molecule has 4 nitrogen and oxygen atoms in total. The zero-order valence-corrected chi connectivity index (χ0v) is 16.1. The Balaban J connectivity index is 1.40. The first kappa shape index (κ1) is 19.1. The van der Waals surface area contributed by atoms with E-state index in [-0.39, 0.29) is 24.2 Å². The van der Waals surface area contributed by atoms with Crippen molar-refractivity contribution in [1.29, 1.82) is 0 Å². The van der Waals surface area contributed by atoms with Gasteiger partial charge in [-0.15, -0.1) is 0 Å². The molecule has 2 heterocycles. The first-order valence-electron chi connectivity index (χ1n) is 10.2. The van der Waals surface area contributed by atoms with Gasteiger partial charge in [0.25, 0.3) is 0 Å². The molecule has 0 unspecified atom stereocenters. The molecule has 1 aromatic carbocycles. The van der Waals surface area contributed by atoms with Crippen LogP contribution >= 0.6 is 0 Å². The fourth-order valence-corrected chi connectivity index (χ4v) is 3.89. The molecule has 5 heteroatoms. The van der Waals surface area contributed by atoms with Crippen molar-refractivity contribution in [3.8, 4) is 0 Å². The van der Waals surface area contributed by atoms with Gasteiger partial charge in [-0.25, -0.2) is 4.39 Å². The molecule has 0 spiro atoms. The summed E-state index contributed by atoms with van der Waals surface area (Å²) >= 11 is 0. The number of aromatic nitrogens is 1. The zero-order chi connectivity index (χ0) is 19.3. The highest BCUT2D eigenvalue weighted by molar-refractivity contribution is 5.78. The van der Waals surface area contributed by atoms with Crippen molar-refractivity contribution in [2.75, 3.05) is 19.7 Å². The number of nitrogens with zero attached hydrogens (tertiary/aromatic N) is 2. The van der Waals surface area contributed by atoms with Crippen molar-refractivity contribution in [2.24, 2.45) is 11.8 Å². The largest absolute Gasteiger partial charge is 0.377 e. The number of rotatable bonds is 7. The van der Waals surface area contributed by atoms with Crippen LogP contribution in [0, 0.1) is 17.7 Å². The number of carbonyl (C=O) groups is 1. The lowest BCUT2D eigenvalue weighted by molar-refractivity contribution is -0.135. The summed E-state index contributed by atoms with van der Waals surface area (Å²) in [6, 6.07) is 13.4. The molecule has 2 atom stereocenters. The molecule has 148 valence electrons. The van der Waals surface area contributed by atoms with Gasteiger partial charge in [0.2, 0.25) is 5.91 Å². The van der Waals surface area contributed by atoms with Crippen molar-refractivity contribution < 1.29 is 13.9 Å². The maximum atomic E-state index is 13.0. The first-order valence-corrected chi connectivity index (χ1v) is 10.2. The molecule has 1 aliphatic heterocycles. The van der Waals surface area contributed by atoms with Crippen LogP contribution in [0.25, 0.3) is 0 Å². The summed E-state index contributed by atoms with van der Waals surface area (Å²) in [6.07, 6.45) is 5.93. The van der Waals surface area contributed by atoms with Crippen molar-refractivity contribution in [3.63, 3.8) is 0 Å². The molecule has 2 aromatic rings. The van der Waals surface area contributed by atoms with Crippen molar-refractivity contribution in [2.45, 2.75) is 38.2 Å². The van der Waals surface area contributed by atoms with Gasteiger partial charge < -0.3 is 9.64 Å². The van der Waals surface area contributed by atoms with Gasteiger partial charge in [0, 0.05) is 31.3 Å². The summed E-state index contributed by atoms with van der Waals surface area (Å²) in [5, 5.41) is 0. The molecule has 4 rings (SSSR count). The smallest absolute Gasteiger partial charge is 0.228 e. The molecule has 1 amide bonds. The Morgan fingerprint density at radius 2 is 1.96 bits per heavy atom. The number of piperidine rings is 1. The van der Waals surface area contributed by atoms with E-state index in [4.69, 9.17) is 4.74 Å². The third-order valence-electron chi connectivity index (χ3n) is 5.72. The lowest BCUT2D eigenvalue weighted by atomic mass is 9.88. The second kappa shape index (κ2) is 8.82. The minimum Gasteiger partial charge on any atom is -0.377 e. The Bertz CT molecular complexity index is 777. The molecule has 1 aliphatic carbocycles. The van der Waals surface area contributed by atoms with Crippen molar-refractivity contribution >= 4 is 5.91 Å². The van der Waals surface area contributed by atoms with Crippen LogP contribution in [0.1, 0.15) is 30.5 Å². The molecule has 0 radical (unpaired) electrons. The summed E-state index contributed by atoms with van der Waals surface area (Å²) < 4.78 is 19.3. The van der Waals surface area contributed by atoms with Gasteiger partial charge in [-0.1, -0.05) is 30.3 Å². The normalized spacial score (nSPS) is 22.2. The Kier molecular flexibility index (Phi) is 6.01. The summed E-state index contributed by atoms with van der Waals surface area (Å²) in [7, 11) is 0. The Hall–Kier alpha value is -2.27. The van der Waals surface area contributed by atoms with E-state index in [1.807, 2.05) is 11.0 Å². The van der Waals surface area contributed by atoms with E-state index in [1.165, 1.54) is 30.7 Å². The highest BCUT2D eigenvalue weighted by Gasteiger charge is 2.33. The molecule has 1 aromatic heterocycles. The lowest BCUT2D eigenvalue weighted by Gasteiger charge is -2.38. The average molecular weight is 382 g/mol. The number of benzene rings is 1. The molecule has 0 N–H and O–H groups in total. The second-order valence-electron chi connectivity index (χ2n) is 8.04.